The van der Waals surface area contributed by atoms with Gasteiger partial charge in [-0.25, -0.2) is 9.59 Å². The van der Waals surface area contributed by atoms with E-state index in [1.807, 2.05) is 0 Å². The van der Waals surface area contributed by atoms with Crippen molar-refractivity contribution >= 4 is 62.5 Å². The Bertz CT molecular complexity index is 1140. The molecule has 0 atom stereocenters. The highest BCUT2D eigenvalue weighted by Gasteiger charge is 2.15. The van der Waals surface area contributed by atoms with Crippen molar-refractivity contribution in [1.29, 1.82) is 0 Å². The van der Waals surface area contributed by atoms with Crippen LogP contribution in [0.25, 0.3) is 0 Å². The molecule has 3 rings (SSSR count). The van der Waals surface area contributed by atoms with Crippen LogP contribution in [-0.2, 0) is 0 Å². The quantitative estimate of drug-likeness (QED) is 0.370. The molecular weight excluding hydrogens is 474 g/mol. The molecule has 0 fully saturated rings. The van der Waals surface area contributed by atoms with Gasteiger partial charge in [-0.1, -0.05) is 39.7 Å². The molecule has 0 aliphatic rings. The maximum Gasteiger partial charge on any atom is 0.337 e. The lowest BCUT2D eigenvalue weighted by atomic mass is 10.1. The summed E-state index contributed by atoms with van der Waals surface area (Å²) in [6.45, 7) is 0. The van der Waals surface area contributed by atoms with Crippen molar-refractivity contribution in [1.82, 2.24) is 0 Å². The van der Waals surface area contributed by atoms with Gasteiger partial charge in [-0.3, -0.25) is 4.79 Å². The second-order valence-electron chi connectivity index (χ2n) is 6.12. The lowest BCUT2D eigenvalue weighted by molar-refractivity contribution is 0.0698. The number of amides is 3. The van der Waals surface area contributed by atoms with E-state index in [2.05, 4.69) is 31.9 Å². The fraction of sp³-hybridized carbons (Fsp3) is 0. The van der Waals surface area contributed by atoms with Gasteiger partial charge in [0.15, 0.2) is 0 Å². The van der Waals surface area contributed by atoms with Crippen LogP contribution in [0.3, 0.4) is 0 Å². The SMILES string of the molecule is O=C(Nc1cccc(Cl)c1)Nc1cccc(C(=O)Nc2ccc(Br)cc2C(=O)O)c1. The highest BCUT2D eigenvalue weighted by molar-refractivity contribution is 9.10. The molecule has 3 aromatic rings. The van der Waals surface area contributed by atoms with Crippen molar-refractivity contribution in [2.75, 3.05) is 16.0 Å². The van der Waals surface area contributed by atoms with E-state index in [1.165, 1.54) is 18.2 Å². The number of benzene rings is 3. The fourth-order valence-corrected chi connectivity index (χ4v) is 3.15. The summed E-state index contributed by atoms with van der Waals surface area (Å²) < 4.78 is 0.579. The van der Waals surface area contributed by atoms with E-state index in [-0.39, 0.29) is 16.8 Å². The number of hydrogen-bond donors (Lipinski definition) is 4. The molecule has 0 bridgehead atoms. The van der Waals surface area contributed by atoms with Crippen LogP contribution in [0.15, 0.2) is 71.2 Å². The van der Waals surface area contributed by atoms with E-state index in [4.69, 9.17) is 11.6 Å². The van der Waals surface area contributed by atoms with E-state index < -0.39 is 17.9 Å². The van der Waals surface area contributed by atoms with Gasteiger partial charge in [0, 0.05) is 26.4 Å². The topological polar surface area (TPSA) is 108 Å². The van der Waals surface area contributed by atoms with Gasteiger partial charge in [0.2, 0.25) is 0 Å². The molecule has 30 heavy (non-hydrogen) atoms. The predicted molar refractivity (Wildman–Crippen MR) is 120 cm³/mol. The third kappa shape index (κ3) is 5.59. The minimum atomic E-state index is -1.17. The molecule has 7 nitrogen and oxygen atoms in total. The molecule has 4 N–H and O–H groups in total. The zero-order chi connectivity index (χ0) is 21.7. The average Bonchev–Trinajstić information content (AvgIpc) is 2.69. The molecule has 152 valence electrons. The van der Waals surface area contributed by atoms with E-state index in [9.17, 15) is 19.5 Å². The van der Waals surface area contributed by atoms with Crippen molar-refractivity contribution in [2.24, 2.45) is 0 Å². The largest absolute Gasteiger partial charge is 0.478 e. The van der Waals surface area contributed by atoms with Gasteiger partial charge in [0.05, 0.1) is 11.3 Å². The Hall–Kier alpha value is -3.36. The minimum absolute atomic E-state index is 0.0482. The van der Waals surface area contributed by atoms with Crippen molar-refractivity contribution < 1.29 is 19.5 Å². The summed E-state index contributed by atoms with van der Waals surface area (Å²) in [7, 11) is 0. The molecule has 0 aromatic heterocycles. The highest BCUT2D eigenvalue weighted by atomic mass is 79.9. The van der Waals surface area contributed by atoms with Gasteiger partial charge in [0.25, 0.3) is 5.91 Å². The second-order valence-corrected chi connectivity index (χ2v) is 7.47. The first-order valence-electron chi connectivity index (χ1n) is 8.59. The molecule has 3 amide bonds. The van der Waals surface area contributed by atoms with Crippen LogP contribution in [0, 0.1) is 0 Å². The van der Waals surface area contributed by atoms with E-state index >= 15 is 0 Å². The number of carboxylic acids is 1. The van der Waals surface area contributed by atoms with E-state index in [1.54, 1.807) is 48.5 Å². The van der Waals surface area contributed by atoms with Gasteiger partial charge >= 0.3 is 12.0 Å². The summed E-state index contributed by atoms with van der Waals surface area (Å²) in [5.41, 5.74) is 1.26. The van der Waals surface area contributed by atoms with Gasteiger partial charge < -0.3 is 21.1 Å². The van der Waals surface area contributed by atoms with Crippen LogP contribution in [0.4, 0.5) is 21.9 Å². The number of anilines is 3. The molecule has 0 saturated carbocycles. The highest BCUT2D eigenvalue weighted by Crippen LogP contribution is 2.22. The van der Waals surface area contributed by atoms with Crippen molar-refractivity contribution in [2.45, 2.75) is 0 Å². The van der Waals surface area contributed by atoms with Gasteiger partial charge in [-0.2, -0.15) is 0 Å². The molecule has 0 aliphatic carbocycles. The first kappa shape index (κ1) is 21.4. The fourth-order valence-electron chi connectivity index (χ4n) is 2.59. The maximum atomic E-state index is 12.6. The number of nitrogens with one attached hydrogen (secondary N) is 3. The second kappa shape index (κ2) is 9.43. The third-order valence-electron chi connectivity index (χ3n) is 3.93. The number of urea groups is 1. The zero-order valence-corrected chi connectivity index (χ0v) is 17.6. The number of aromatic carboxylic acids is 1. The van der Waals surface area contributed by atoms with Gasteiger partial charge in [-0.15, -0.1) is 0 Å². The lowest BCUT2D eigenvalue weighted by Gasteiger charge is -2.11. The van der Waals surface area contributed by atoms with Crippen LogP contribution in [0.1, 0.15) is 20.7 Å². The Labute approximate surface area is 185 Å². The van der Waals surface area contributed by atoms with Crippen molar-refractivity contribution in [3.05, 3.63) is 87.4 Å². The predicted octanol–water partition coefficient (Wildman–Crippen LogP) is 5.70. The van der Waals surface area contributed by atoms with Crippen LogP contribution in [0.5, 0.6) is 0 Å². The molecule has 0 unspecified atom stereocenters. The molecule has 3 aromatic carbocycles. The minimum Gasteiger partial charge on any atom is -0.478 e. The van der Waals surface area contributed by atoms with E-state index in [0.29, 0.717) is 20.9 Å². The van der Waals surface area contributed by atoms with Crippen LogP contribution >= 0.6 is 27.5 Å². The summed E-state index contributed by atoms with van der Waals surface area (Å²) in [5.74, 6) is -1.68. The van der Waals surface area contributed by atoms with Crippen LogP contribution in [0.2, 0.25) is 5.02 Å². The number of halogens is 2. The number of carbonyl (C=O) groups is 3. The normalized spacial score (nSPS) is 10.2. The van der Waals surface area contributed by atoms with Gasteiger partial charge in [0.1, 0.15) is 0 Å². The average molecular weight is 489 g/mol. The van der Waals surface area contributed by atoms with Crippen LogP contribution < -0.4 is 16.0 Å². The molecule has 0 spiro atoms. The summed E-state index contributed by atoms with van der Waals surface area (Å²) in [5, 5.41) is 17.7. The Kier molecular flexibility index (Phi) is 6.71. The number of rotatable bonds is 5. The first-order valence-corrected chi connectivity index (χ1v) is 9.77. The first-order chi connectivity index (χ1) is 14.3. The van der Waals surface area contributed by atoms with Crippen molar-refractivity contribution in [3.8, 4) is 0 Å². The zero-order valence-electron chi connectivity index (χ0n) is 15.3. The standard InChI is InChI=1S/C21H15BrClN3O4/c22-13-7-8-18(17(10-13)20(28)29)26-19(27)12-3-1-5-15(9-12)24-21(30)25-16-6-2-4-14(23)11-16/h1-11H,(H,26,27)(H,28,29)(H2,24,25,30). The summed E-state index contributed by atoms with van der Waals surface area (Å²) in [4.78, 5) is 36.2. The molecule has 0 aliphatic heterocycles. The molecule has 9 heteroatoms. The Balaban J connectivity index is 1.71. The maximum absolute atomic E-state index is 12.6. The molecule has 0 saturated heterocycles. The van der Waals surface area contributed by atoms with Crippen molar-refractivity contribution in [3.63, 3.8) is 0 Å². The lowest BCUT2D eigenvalue weighted by Crippen LogP contribution is -2.20. The van der Waals surface area contributed by atoms with Crippen LogP contribution in [-0.4, -0.2) is 23.0 Å². The summed E-state index contributed by atoms with van der Waals surface area (Å²) in [6.07, 6.45) is 0. The molecular formula is C21H15BrClN3O4. The Morgan fingerprint density at radius 3 is 2.17 bits per heavy atom. The Morgan fingerprint density at radius 1 is 0.833 bits per heavy atom. The number of carboxylic acid groups (broad SMARTS) is 1. The molecule has 0 radical (unpaired) electrons. The smallest absolute Gasteiger partial charge is 0.337 e. The monoisotopic (exact) mass is 487 g/mol. The van der Waals surface area contributed by atoms with E-state index in [0.717, 1.165) is 0 Å². The Morgan fingerprint density at radius 2 is 1.50 bits per heavy atom. The third-order valence-corrected chi connectivity index (χ3v) is 4.65. The summed E-state index contributed by atoms with van der Waals surface area (Å²) >= 11 is 9.10. The summed E-state index contributed by atoms with van der Waals surface area (Å²) in [6, 6.07) is 16.9. The number of hydrogen-bond acceptors (Lipinski definition) is 3. The number of carbonyl (C=O) groups excluding carboxylic acids is 2. The van der Waals surface area contributed by atoms with Gasteiger partial charge in [-0.05, 0) is 54.6 Å². The molecule has 0 heterocycles.